The first-order chi connectivity index (χ1) is 13.5. The maximum Gasteiger partial charge on any atom is 0.255 e. The summed E-state index contributed by atoms with van der Waals surface area (Å²) in [5.41, 5.74) is 4.64. The zero-order valence-electron chi connectivity index (χ0n) is 16.0. The van der Waals surface area contributed by atoms with Crippen molar-refractivity contribution >= 4 is 17.2 Å². The van der Waals surface area contributed by atoms with E-state index < -0.39 is 6.10 Å². The SMILES string of the molecule is Cc1ccccc1OCC(O)C(=O)N(Cc1ccccc1)Cc1scnc1C. The molecule has 1 N–H and O–H groups in total. The summed E-state index contributed by atoms with van der Waals surface area (Å²) >= 11 is 1.51. The van der Waals surface area contributed by atoms with Crippen LogP contribution in [-0.2, 0) is 17.9 Å². The summed E-state index contributed by atoms with van der Waals surface area (Å²) in [6, 6.07) is 17.3. The van der Waals surface area contributed by atoms with Crippen LogP contribution in [-0.4, -0.2) is 33.6 Å². The average Bonchev–Trinajstić information content (AvgIpc) is 3.11. The molecule has 0 aliphatic heterocycles. The van der Waals surface area contributed by atoms with Gasteiger partial charge in [0, 0.05) is 11.4 Å². The van der Waals surface area contributed by atoms with Crippen LogP contribution in [0.15, 0.2) is 60.1 Å². The number of aryl methyl sites for hydroxylation is 2. The highest BCUT2D eigenvalue weighted by Gasteiger charge is 2.24. The minimum Gasteiger partial charge on any atom is -0.490 e. The lowest BCUT2D eigenvalue weighted by Crippen LogP contribution is -2.41. The molecule has 0 saturated heterocycles. The molecule has 1 atom stereocenters. The van der Waals surface area contributed by atoms with Gasteiger partial charge in [-0.3, -0.25) is 4.79 Å². The number of carbonyl (C=O) groups excluding carboxylic acids is 1. The van der Waals surface area contributed by atoms with E-state index in [0.29, 0.717) is 18.8 Å². The van der Waals surface area contributed by atoms with Gasteiger partial charge >= 0.3 is 0 Å². The smallest absolute Gasteiger partial charge is 0.255 e. The molecular weight excluding hydrogens is 372 g/mol. The second-order valence-electron chi connectivity index (χ2n) is 6.63. The van der Waals surface area contributed by atoms with E-state index in [1.807, 2.05) is 68.4 Å². The molecule has 28 heavy (non-hydrogen) atoms. The Morgan fingerprint density at radius 2 is 1.82 bits per heavy atom. The number of ether oxygens (including phenoxy) is 1. The number of carbonyl (C=O) groups is 1. The summed E-state index contributed by atoms with van der Waals surface area (Å²) in [6.45, 7) is 4.59. The number of para-hydroxylation sites is 1. The quantitative estimate of drug-likeness (QED) is 0.630. The number of aliphatic hydroxyl groups excluding tert-OH is 1. The molecule has 146 valence electrons. The van der Waals surface area contributed by atoms with Crippen molar-refractivity contribution in [3.8, 4) is 5.75 Å². The van der Waals surface area contributed by atoms with Gasteiger partial charge in [0.25, 0.3) is 5.91 Å². The molecule has 3 rings (SSSR count). The van der Waals surface area contributed by atoms with Crippen LogP contribution in [0.5, 0.6) is 5.75 Å². The van der Waals surface area contributed by atoms with E-state index in [0.717, 1.165) is 21.7 Å². The first-order valence-electron chi connectivity index (χ1n) is 9.12. The van der Waals surface area contributed by atoms with Gasteiger partial charge in [-0.25, -0.2) is 4.98 Å². The fraction of sp³-hybridized carbons (Fsp3) is 0.273. The molecule has 0 aliphatic rings. The summed E-state index contributed by atoms with van der Waals surface area (Å²) in [5, 5.41) is 10.5. The molecule has 0 aliphatic carbocycles. The number of rotatable bonds is 8. The number of thiazole rings is 1. The highest BCUT2D eigenvalue weighted by molar-refractivity contribution is 7.09. The third-order valence-electron chi connectivity index (χ3n) is 4.48. The molecule has 2 aromatic carbocycles. The Kier molecular flexibility index (Phi) is 6.79. The zero-order chi connectivity index (χ0) is 19.9. The Morgan fingerprint density at radius 1 is 1.11 bits per heavy atom. The predicted octanol–water partition coefficient (Wildman–Crippen LogP) is 3.73. The third kappa shape index (κ3) is 5.18. The summed E-state index contributed by atoms with van der Waals surface area (Å²) in [7, 11) is 0. The zero-order valence-corrected chi connectivity index (χ0v) is 16.9. The Morgan fingerprint density at radius 3 is 2.50 bits per heavy atom. The van der Waals surface area contributed by atoms with Gasteiger partial charge in [-0.1, -0.05) is 48.5 Å². The number of hydrogen-bond donors (Lipinski definition) is 1. The standard InChI is InChI=1S/C22H24N2O3S/c1-16-8-6-7-11-20(16)27-14-19(25)22(26)24(12-18-9-4-3-5-10-18)13-21-17(2)23-15-28-21/h3-11,15,19,25H,12-14H2,1-2H3. The van der Waals surface area contributed by atoms with Gasteiger partial charge in [0.1, 0.15) is 12.4 Å². The monoisotopic (exact) mass is 396 g/mol. The van der Waals surface area contributed by atoms with E-state index in [9.17, 15) is 9.90 Å². The molecule has 1 heterocycles. The molecule has 1 aromatic heterocycles. The second kappa shape index (κ2) is 9.48. The van der Waals surface area contributed by atoms with E-state index in [4.69, 9.17) is 4.74 Å². The van der Waals surface area contributed by atoms with Crippen LogP contribution in [0, 0.1) is 13.8 Å². The number of aliphatic hydroxyl groups is 1. The first-order valence-corrected chi connectivity index (χ1v) is 10.0. The molecule has 6 heteroatoms. The van der Waals surface area contributed by atoms with Crippen LogP contribution in [0.1, 0.15) is 21.7 Å². The molecule has 1 unspecified atom stereocenters. The molecule has 0 fully saturated rings. The van der Waals surface area contributed by atoms with Crippen LogP contribution in [0.3, 0.4) is 0 Å². The van der Waals surface area contributed by atoms with Crippen LogP contribution in [0.4, 0.5) is 0 Å². The van der Waals surface area contributed by atoms with Gasteiger partial charge in [-0.05, 0) is 31.0 Å². The molecule has 0 saturated carbocycles. The minimum atomic E-state index is -1.24. The lowest BCUT2D eigenvalue weighted by atomic mass is 10.2. The highest BCUT2D eigenvalue weighted by Crippen LogP contribution is 2.19. The summed E-state index contributed by atoms with van der Waals surface area (Å²) in [6.07, 6.45) is -1.24. The van der Waals surface area contributed by atoms with Gasteiger partial charge < -0.3 is 14.7 Å². The maximum atomic E-state index is 13.0. The number of nitrogens with zero attached hydrogens (tertiary/aromatic N) is 2. The third-order valence-corrected chi connectivity index (χ3v) is 5.40. The number of benzene rings is 2. The minimum absolute atomic E-state index is 0.0867. The van der Waals surface area contributed by atoms with Crippen molar-refractivity contribution in [2.75, 3.05) is 6.61 Å². The molecule has 0 bridgehead atoms. The predicted molar refractivity (Wildman–Crippen MR) is 110 cm³/mol. The van der Waals surface area contributed by atoms with E-state index in [1.165, 1.54) is 11.3 Å². The van der Waals surface area contributed by atoms with E-state index >= 15 is 0 Å². The fourth-order valence-corrected chi connectivity index (χ4v) is 3.63. The van der Waals surface area contributed by atoms with Crippen molar-refractivity contribution in [2.24, 2.45) is 0 Å². The Hall–Kier alpha value is -2.70. The highest BCUT2D eigenvalue weighted by atomic mass is 32.1. The first kappa shape index (κ1) is 20.0. The Bertz CT molecular complexity index is 911. The summed E-state index contributed by atoms with van der Waals surface area (Å²) < 4.78 is 5.67. The van der Waals surface area contributed by atoms with Crippen molar-refractivity contribution < 1.29 is 14.6 Å². The van der Waals surface area contributed by atoms with Crippen molar-refractivity contribution in [1.29, 1.82) is 0 Å². The molecule has 5 nitrogen and oxygen atoms in total. The maximum absolute atomic E-state index is 13.0. The number of amides is 1. The largest absolute Gasteiger partial charge is 0.490 e. The molecule has 3 aromatic rings. The number of aromatic nitrogens is 1. The van der Waals surface area contributed by atoms with Gasteiger partial charge in [0.2, 0.25) is 0 Å². The lowest BCUT2D eigenvalue weighted by Gasteiger charge is -2.25. The van der Waals surface area contributed by atoms with Gasteiger partial charge in [0.15, 0.2) is 6.10 Å². The number of hydrogen-bond acceptors (Lipinski definition) is 5. The molecule has 0 spiro atoms. The molecule has 0 radical (unpaired) electrons. The van der Waals surface area contributed by atoms with Gasteiger partial charge in [0.05, 0.1) is 17.7 Å². The van der Waals surface area contributed by atoms with Crippen LogP contribution >= 0.6 is 11.3 Å². The Labute approximate surface area is 169 Å². The summed E-state index contributed by atoms with van der Waals surface area (Å²) in [4.78, 5) is 19.9. The van der Waals surface area contributed by atoms with Crippen LogP contribution < -0.4 is 4.74 Å². The van der Waals surface area contributed by atoms with Crippen molar-refractivity contribution in [1.82, 2.24) is 9.88 Å². The van der Waals surface area contributed by atoms with E-state index in [2.05, 4.69) is 4.98 Å². The lowest BCUT2D eigenvalue weighted by molar-refractivity contribution is -0.143. The van der Waals surface area contributed by atoms with Crippen LogP contribution in [0.2, 0.25) is 0 Å². The van der Waals surface area contributed by atoms with Crippen molar-refractivity contribution in [2.45, 2.75) is 33.0 Å². The topological polar surface area (TPSA) is 62.7 Å². The van der Waals surface area contributed by atoms with Crippen molar-refractivity contribution in [3.63, 3.8) is 0 Å². The van der Waals surface area contributed by atoms with E-state index in [-0.39, 0.29) is 12.5 Å². The van der Waals surface area contributed by atoms with Crippen molar-refractivity contribution in [3.05, 3.63) is 81.8 Å². The Balaban J connectivity index is 1.71. The van der Waals surface area contributed by atoms with Crippen LogP contribution in [0.25, 0.3) is 0 Å². The molecule has 1 amide bonds. The second-order valence-corrected chi connectivity index (χ2v) is 7.57. The normalized spacial score (nSPS) is 11.8. The van der Waals surface area contributed by atoms with Gasteiger partial charge in [-0.2, -0.15) is 0 Å². The fourth-order valence-electron chi connectivity index (χ4n) is 2.84. The molecular formula is C22H24N2O3S. The average molecular weight is 397 g/mol. The van der Waals surface area contributed by atoms with E-state index in [1.54, 1.807) is 10.4 Å². The summed E-state index contributed by atoms with van der Waals surface area (Å²) in [5.74, 6) is 0.312. The van der Waals surface area contributed by atoms with Gasteiger partial charge in [-0.15, -0.1) is 11.3 Å².